The van der Waals surface area contributed by atoms with Gasteiger partial charge in [-0.3, -0.25) is 9.59 Å². The molecule has 5 heteroatoms. The summed E-state index contributed by atoms with van der Waals surface area (Å²) in [4.78, 5) is 24.3. The normalized spacial score (nSPS) is 12.3. The van der Waals surface area contributed by atoms with E-state index in [0.29, 0.717) is 18.6 Å². The smallest absolute Gasteiger partial charge is 0.306 e. The maximum Gasteiger partial charge on any atom is 0.306 e. The van der Waals surface area contributed by atoms with E-state index in [-0.39, 0.29) is 18.5 Å². The van der Waals surface area contributed by atoms with Gasteiger partial charge in [0.1, 0.15) is 12.7 Å². The van der Waals surface area contributed by atoms with Crippen LogP contribution in [0.3, 0.4) is 0 Å². The summed E-state index contributed by atoms with van der Waals surface area (Å²) < 4.78 is 10.9. The van der Waals surface area contributed by atoms with Gasteiger partial charge in [-0.1, -0.05) is 141 Å². The molecule has 44 heavy (non-hydrogen) atoms. The maximum atomic E-state index is 12.2. The average Bonchev–Trinajstić information content (AvgIpc) is 3.02. The molecule has 1 unspecified atom stereocenters. The number of carbonyl (C=O) groups excluding carboxylic acids is 2. The minimum atomic E-state index is -0.466. The van der Waals surface area contributed by atoms with Crippen molar-refractivity contribution in [2.45, 2.75) is 200 Å². The second-order valence-corrected chi connectivity index (χ2v) is 13.0. The predicted molar refractivity (Wildman–Crippen MR) is 194 cm³/mol. The van der Waals surface area contributed by atoms with Crippen LogP contribution in [-0.2, 0) is 19.1 Å². The largest absolute Gasteiger partial charge is 0.462 e. The van der Waals surface area contributed by atoms with E-state index >= 15 is 0 Å². The Morgan fingerprint density at radius 2 is 0.841 bits per heavy atom. The number of rotatable bonds is 34. The summed E-state index contributed by atoms with van der Waals surface area (Å²) in [7, 11) is 0. The number of unbranched alkanes of at least 4 members (excludes halogenated alkanes) is 22. The molecule has 0 aromatic carbocycles. The van der Waals surface area contributed by atoms with E-state index in [1.165, 1.54) is 122 Å². The summed E-state index contributed by atoms with van der Waals surface area (Å²) >= 11 is 4.28. The standard InChI is InChI=1S/C39H72O4S/c1-3-5-7-9-11-13-15-17-19-21-23-25-27-29-31-33-38(40)42-35-37(36-44)43-39(41)34-32-30-28-26-24-22-20-18-16-14-12-10-8-6-4-2/h17-20,37,44H,3-16,21-36H2,1-2H3. The van der Waals surface area contributed by atoms with Gasteiger partial charge in [0.25, 0.3) is 0 Å². The molecule has 0 aliphatic rings. The van der Waals surface area contributed by atoms with Crippen molar-refractivity contribution >= 4 is 24.6 Å². The van der Waals surface area contributed by atoms with Crippen LogP contribution in [0.1, 0.15) is 194 Å². The number of allylic oxidation sites excluding steroid dienone is 4. The van der Waals surface area contributed by atoms with Crippen LogP contribution >= 0.6 is 12.6 Å². The molecule has 0 aliphatic heterocycles. The Labute approximate surface area is 279 Å². The van der Waals surface area contributed by atoms with Gasteiger partial charge in [0.15, 0.2) is 0 Å². The Bertz CT molecular complexity index is 675. The van der Waals surface area contributed by atoms with Crippen molar-refractivity contribution in [3.8, 4) is 0 Å². The molecule has 0 spiro atoms. The molecule has 0 bridgehead atoms. The molecular formula is C39H72O4S. The van der Waals surface area contributed by atoms with E-state index in [2.05, 4.69) is 50.8 Å². The maximum absolute atomic E-state index is 12.2. The zero-order valence-electron chi connectivity index (χ0n) is 29.2. The first-order chi connectivity index (χ1) is 21.6. The number of ether oxygens (including phenoxy) is 2. The summed E-state index contributed by atoms with van der Waals surface area (Å²) in [6.45, 7) is 4.63. The van der Waals surface area contributed by atoms with Crippen LogP contribution in [0.2, 0.25) is 0 Å². The van der Waals surface area contributed by atoms with Crippen molar-refractivity contribution in [2.75, 3.05) is 12.4 Å². The summed E-state index contributed by atoms with van der Waals surface area (Å²) in [5.41, 5.74) is 0. The third-order valence-electron chi connectivity index (χ3n) is 8.22. The van der Waals surface area contributed by atoms with Gasteiger partial charge in [0.05, 0.1) is 0 Å². The SMILES string of the molecule is CCCCCCCCC=CCCCCCCCC(=O)OCC(CS)OC(=O)CCCCCCCC=CCCCCCCCC. The highest BCUT2D eigenvalue weighted by Crippen LogP contribution is 2.13. The van der Waals surface area contributed by atoms with Crippen LogP contribution in [0.15, 0.2) is 24.3 Å². The second-order valence-electron chi connectivity index (χ2n) is 12.6. The van der Waals surface area contributed by atoms with Gasteiger partial charge in [0, 0.05) is 18.6 Å². The molecule has 0 aromatic rings. The summed E-state index contributed by atoms with van der Waals surface area (Å²) in [6, 6.07) is 0. The molecule has 4 nitrogen and oxygen atoms in total. The van der Waals surface area contributed by atoms with E-state index in [0.717, 1.165) is 44.9 Å². The van der Waals surface area contributed by atoms with E-state index in [4.69, 9.17) is 9.47 Å². The van der Waals surface area contributed by atoms with Crippen LogP contribution in [0.25, 0.3) is 0 Å². The lowest BCUT2D eigenvalue weighted by Gasteiger charge is -2.16. The van der Waals surface area contributed by atoms with Crippen molar-refractivity contribution < 1.29 is 19.1 Å². The number of thiol groups is 1. The van der Waals surface area contributed by atoms with Crippen LogP contribution in [-0.4, -0.2) is 30.4 Å². The molecule has 1 atom stereocenters. The summed E-state index contributed by atoms with van der Waals surface area (Å²) in [6.07, 6.45) is 41.9. The first kappa shape index (κ1) is 42.8. The lowest BCUT2D eigenvalue weighted by atomic mass is 10.1. The Morgan fingerprint density at radius 1 is 0.500 bits per heavy atom. The number of carbonyl (C=O) groups is 2. The molecule has 0 aliphatic carbocycles. The topological polar surface area (TPSA) is 52.6 Å². The molecule has 0 radical (unpaired) electrons. The third kappa shape index (κ3) is 33.7. The molecule has 0 aromatic heterocycles. The minimum Gasteiger partial charge on any atom is -0.462 e. The number of hydrogen-bond donors (Lipinski definition) is 1. The fourth-order valence-electron chi connectivity index (χ4n) is 5.31. The second kappa shape index (κ2) is 36.2. The van der Waals surface area contributed by atoms with Crippen LogP contribution < -0.4 is 0 Å². The van der Waals surface area contributed by atoms with Gasteiger partial charge in [-0.15, -0.1) is 0 Å². The Hall–Kier alpha value is -1.23. The monoisotopic (exact) mass is 637 g/mol. The van der Waals surface area contributed by atoms with Crippen molar-refractivity contribution in [2.24, 2.45) is 0 Å². The molecule has 258 valence electrons. The van der Waals surface area contributed by atoms with Gasteiger partial charge in [-0.05, 0) is 64.2 Å². The zero-order chi connectivity index (χ0) is 32.2. The molecule has 0 heterocycles. The molecule has 0 N–H and O–H groups in total. The first-order valence-electron chi connectivity index (χ1n) is 18.9. The van der Waals surface area contributed by atoms with Gasteiger partial charge in [0.2, 0.25) is 0 Å². The minimum absolute atomic E-state index is 0.103. The highest BCUT2D eigenvalue weighted by atomic mass is 32.1. The van der Waals surface area contributed by atoms with E-state index in [9.17, 15) is 9.59 Å². The van der Waals surface area contributed by atoms with Gasteiger partial charge in [-0.2, -0.15) is 12.6 Å². The van der Waals surface area contributed by atoms with Gasteiger partial charge < -0.3 is 9.47 Å². The highest BCUT2D eigenvalue weighted by molar-refractivity contribution is 7.80. The van der Waals surface area contributed by atoms with E-state index in [1.807, 2.05) is 0 Å². The molecular weight excluding hydrogens is 564 g/mol. The van der Waals surface area contributed by atoms with Crippen LogP contribution in [0, 0.1) is 0 Å². The van der Waals surface area contributed by atoms with E-state index < -0.39 is 6.10 Å². The van der Waals surface area contributed by atoms with Crippen LogP contribution in [0.4, 0.5) is 0 Å². The molecule has 0 saturated carbocycles. The summed E-state index contributed by atoms with van der Waals surface area (Å²) in [5.74, 6) is -0.0589. The molecule has 0 fully saturated rings. The Morgan fingerprint density at radius 3 is 1.23 bits per heavy atom. The molecule has 0 rings (SSSR count). The molecule has 0 saturated heterocycles. The highest BCUT2D eigenvalue weighted by Gasteiger charge is 2.15. The quantitative estimate of drug-likeness (QED) is 0.0330. The first-order valence-corrected chi connectivity index (χ1v) is 19.5. The Balaban J connectivity index is 3.58. The van der Waals surface area contributed by atoms with Crippen molar-refractivity contribution in [1.29, 1.82) is 0 Å². The zero-order valence-corrected chi connectivity index (χ0v) is 30.1. The molecule has 0 amide bonds. The third-order valence-corrected chi connectivity index (χ3v) is 8.62. The van der Waals surface area contributed by atoms with Crippen molar-refractivity contribution in [3.05, 3.63) is 24.3 Å². The van der Waals surface area contributed by atoms with Crippen LogP contribution in [0.5, 0.6) is 0 Å². The summed E-state index contributed by atoms with van der Waals surface area (Å²) in [5, 5.41) is 0. The average molecular weight is 637 g/mol. The lowest BCUT2D eigenvalue weighted by Crippen LogP contribution is -2.26. The Kier molecular flexibility index (Phi) is 35.2. The van der Waals surface area contributed by atoms with Crippen molar-refractivity contribution in [1.82, 2.24) is 0 Å². The van der Waals surface area contributed by atoms with Gasteiger partial charge >= 0.3 is 11.9 Å². The fourth-order valence-corrected chi connectivity index (χ4v) is 5.49. The number of hydrogen-bond acceptors (Lipinski definition) is 5. The van der Waals surface area contributed by atoms with Gasteiger partial charge in [-0.25, -0.2) is 0 Å². The fraction of sp³-hybridized carbons (Fsp3) is 0.846. The van der Waals surface area contributed by atoms with Crippen molar-refractivity contribution in [3.63, 3.8) is 0 Å². The lowest BCUT2D eigenvalue weighted by molar-refractivity contribution is -0.157. The number of esters is 2. The predicted octanol–water partition coefficient (Wildman–Crippen LogP) is 12.4. The van der Waals surface area contributed by atoms with E-state index in [1.54, 1.807) is 0 Å².